The third-order valence-electron chi connectivity index (χ3n) is 1.42. The summed E-state index contributed by atoms with van der Waals surface area (Å²) in [6.07, 6.45) is -16.1. The summed E-state index contributed by atoms with van der Waals surface area (Å²) in [4.78, 5) is 0. The topological polar surface area (TPSA) is 18.5 Å². The molecule has 0 atom stereocenters. The Kier molecular flexibility index (Phi) is 5.07. The average Bonchev–Trinajstić information content (AvgIpc) is 2.07. The van der Waals surface area contributed by atoms with Crippen LogP contribution in [-0.2, 0) is 9.47 Å². The van der Waals surface area contributed by atoms with Gasteiger partial charge < -0.3 is 9.47 Å². The average molecular weight is 280 g/mol. The second-order valence-electron chi connectivity index (χ2n) is 2.57. The fourth-order valence-electron chi connectivity index (χ4n) is 0.787. The van der Waals surface area contributed by atoms with E-state index < -0.39 is 38.0 Å². The van der Waals surface area contributed by atoms with Crippen molar-refractivity contribution < 1.29 is 49.0 Å². The second kappa shape index (κ2) is 5.29. The van der Waals surface area contributed by atoms with Gasteiger partial charge in [0, 0.05) is 0 Å². The Morgan fingerprint density at radius 3 is 1.47 bits per heavy atom. The maximum atomic E-state index is 12.1. The van der Waals surface area contributed by atoms with Crippen molar-refractivity contribution in [3.05, 3.63) is 0 Å². The molecule has 0 fully saturated rings. The Hall–Kier alpha value is -0.710. The van der Waals surface area contributed by atoms with Crippen LogP contribution in [0.1, 0.15) is 0 Å². The number of hydrogen-bond donors (Lipinski definition) is 0. The molecule has 0 aromatic rings. The summed E-state index contributed by atoms with van der Waals surface area (Å²) < 4.78 is 113. The van der Waals surface area contributed by atoms with Crippen LogP contribution in [0, 0.1) is 0 Å². The van der Waals surface area contributed by atoms with E-state index in [1.54, 1.807) is 0 Å². The minimum Gasteiger partial charge on any atom is -0.329 e. The normalized spacial score (nSPS) is 14.5. The van der Waals surface area contributed by atoms with Crippen LogP contribution in [0.2, 0.25) is 0 Å². The number of ether oxygens (including phenoxy) is 2. The molecule has 0 aromatic carbocycles. The molecule has 0 aliphatic carbocycles. The van der Waals surface area contributed by atoms with Gasteiger partial charge in [0.25, 0.3) is 6.43 Å². The molecule has 0 saturated heterocycles. The first kappa shape index (κ1) is 16.3. The Morgan fingerprint density at radius 2 is 1.24 bits per heavy atom. The highest BCUT2D eigenvalue weighted by Crippen LogP contribution is 2.46. The summed E-state index contributed by atoms with van der Waals surface area (Å²) in [7, 11) is 0. The maximum Gasteiger partial charge on any atom is 0.453 e. The quantitative estimate of drug-likeness (QED) is 0.569. The molecule has 0 amide bonds. The van der Waals surface area contributed by atoms with Crippen LogP contribution < -0.4 is 0 Å². The first-order chi connectivity index (χ1) is 7.48. The summed E-state index contributed by atoms with van der Waals surface area (Å²) >= 11 is 0. The van der Waals surface area contributed by atoms with Crippen LogP contribution in [0.25, 0.3) is 0 Å². The summed E-state index contributed by atoms with van der Waals surface area (Å²) in [5.41, 5.74) is 0. The molecule has 104 valence electrons. The van der Waals surface area contributed by atoms with Crippen molar-refractivity contribution in [2.24, 2.45) is 0 Å². The first-order valence-electron chi connectivity index (χ1n) is 3.73. The zero-order valence-corrected chi connectivity index (χ0v) is 7.71. The number of rotatable bonds is 5. The Balaban J connectivity index is 5.27. The van der Waals surface area contributed by atoms with E-state index in [0.29, 0.717) is 0 Å². The van der Waals surface area contributed by atoms with Gasteiger partial charge in [0.1, 0.15) is 6.61 Å². The van der Waals surface area contributed by atoms with Crippen LogP contribution in [0.5, 0.6) is 0 Å². The molecule has 11 heteroatoms. The first-order valence-corrected chi connectivity index (χ1v) is 3.73. The van der Waals surface area contributed by atoms with Gasteiger partial charge in [0.15, 0.2) is 6.86 Å². The number of alkyl halides is 9. The van der Waals surface area contributed by atoms with Crippen LogP contribution in [-0.4, -0.2) is 38.0 Å². The van der Waals surface area contributed by atoms with Gasteiger partial charge in [-0.2, -0.15) is 26.3 Å². The highest BCUT2D eigenvalue weighted by Gasteiger charge is 2.75. The van der Waals surface area contributed by atoms with Gasteiger partial charge in [-0.1, -0.05) is 0 Å². The van der Waals surface area contributed by atoms with Crippen molar-refractivity contribution in [1.82, 2.24) is 0 Å². The number of halogens is 9. The van der Waals surface area contributed by atoms with E-state index in [-0.39, 0.29) is 0 Å². The van der Waals surface area contributed by atoms with Crippen LogP contribution in [0.4, 0.5) is 39.5 Å². The van der Waals surface area contributed by atoms with Crippen molar-refractivity contribution in [2.75, 3.05) is 13.5 Å². The van der Waals surface area contributed by atoms with Crippen molar-refractivity contribution in [2.45, 2.75) is 24.6 Å². The molecule has 0 saturated carbocycles. The standard InChI is InChI=1S/C6H5F9O2/c7-2-17-4(5(10,11)12,6(13,14)15)16-1-3(8)9/h3H,1-2H2. The Morgan fingerprint density at radius 1 is 0.824 bits per heavy atom. The van der Waals surface area contributed by atoms with Gasteiger partial charge in [-0.25, -0.2) is 13.2 Å². The Bertz CT molecular complexity index is 219. The minimum absolute atomic E-state index is 2.21. The van der Waals surface area contributed by atoms with Crippen molar-refractivity contribution in [3.8, 4) is 0 Å². The smallest absolute Gasteiger partial charge is 0.329 e. The van der Waals surface area contributed by atoms with Crippen molar-refractivity contribution in [3.63, 3.8) is 0 Å². The molecule has 0 aliphatic heterocycles. The predicted octanol–water partition coefficient (Wildman–Crippen LogP) is 3.03. The van der Waals surface area contributed by atoms with E-state index in [1.807, 2.05) is 0 Å². The lowest BCUT2D eigenvalue weighted by atomic mass is 10.2. The largest absolute Gasteiger partial charge is 0.453 e. The third kappa shape index (κ3) is 3.63. The zero-order chi connectivity index (χ0) is 13.9. The molecule has 0 aliphatic rings. The fourth-order valence-corrected chi connectivity index (χ4v) is 0.787. The van der Waals surface area contributed by atoms with E-state index in [1.165, 1.54) is 0 Å². The van der Waals surface area contributed by atoms with E-state index >= 15 is 0 Å². The van der Waals surface area contributed by atoms with E-state index in [9.17, 15) is 39.5 Å². The van der Waals surface area contributed by atoms with E-state index in [4.69, 9.17) is 0 Å². The Labute approximate surface area is 88.3 Å². The molecule has 0 heterocycles. The molecule has 0 bridgehead atoms. The minimum atomic E-state index is -6.26. The molecule has 0 spiro atoms. The molecule has 0 unspecified atom stereocenters. The van der Waals surface area contributed by atoms with Crippen LogP contribution in [0.15, 0.2) is 0 Å². The van der Waals surface area contributed by atoms with E-state index in [0.717, 1.165) is 0 Å². The lowest BCUT2D eigenvalue weighted by molar-refractivity contribution is -0.475. The molecule has 0 aromatic heterocycles. The van der Waals surface area contributed by atoms with Gasteiger partial charge in [-0.3, -0.25) is 0 Å². The van der Waals surface area contributed by atoms with Gasteiger partial charge in [-0.05, 0) is 0 Å². The monoisotopic (exact) mass is 280 g/mol. The lowest BCUT2D eigenvalue weighted by Crippen LogP contribution is -2.61. The molecule has 0 N–H and O–H groups in total. The van der Waals surface area contributed by atoms with Crippen molar-refractivity contribution >= 4 is 0 Å². The highest BCUT2D eigenvalue weighted by molar-refractivity contribution is 4.87. The molecular formula is C6H5F9O2. The summed E-state index contributed by atoms with van der Waals surface area (Å²) in [5.74, 6) is -5.40. The summed E-state index contributed by atoms with van der Waals surface area (Å²) in [6, 6.07) is 0. The van der Waals surface area contributed by atoms with Crippen LogP contribution >= 0.6 is 0 Å². The van der Waals surface area contributed by atoms with Gasteiger partial charge >= 0.3 is 18.1 Å². The van der Waals surface area contributed by atoms with Gasteiger partial charge in [-0.15, -0.1) is 0 Å². The summed E-state index contributed by atoms with van der Waals surface area (Å²) in [6.45, 7) is -4.72. The van der Waals surface area contributed by atoms with E-state index in [2.05, 4.69) is 9.47 Å². The third-order valence-corrected chi connectivity index (χ3v) is 1.42. The predicted molar refractivity (Wildman–Crippen MR) is 33.9 cm³/mol. The van der Waals surface area contributed by atoms with Gasteiger partial charge in [0.2, 0.25) is 0 Å². The molecule has 2 nitrogen and oxygen atoms in total. The maximum absolute atomic E-state index is 12.1. The molecule has 0 radical (unpaired) electrons. The van der Waals surface area contributed by atoms with Gasteiger partial charge in [0.05, 0.1) is 0 Å². The molecular weight excluding hydrogens is 275 g/mol. The summed E-state index contributed by atoms with van der Waals surface area (Å²) in [5, 5.41) is 0. The lowest BCUT2D eigenvalue weighted by Gasteiger charge is -2.35. The second-order valence-corrected chi connectivity index (χ2v) is 2.57. The van der Waals surface area contributed by atoms with Crippen LogP contribution in [0.3, 0.4) is 0 Å². The fraction of sp³-hybridized carbons (Fsp3) is 1.00. The van der Waals surface area contributed by atoms with Crippen molar-refractivity contribution in [1.29, 1.82) is 0 Å². The highest BCUT2D eigenvalue weighted by atomic mass is 19.4. The number of hydrogen-bond acceptors (Lipinski definition) is 2. The molecule has 0 rings (SSSR count). The zero-order valence-electron chi connectivity index (χ0n) is 7.71. The SMILES string of the molecule is FCOC(OCC(F)F)(C(F)(F)F)C(F)(F)F. The molecule has 17 heavy (non-hydrogen) atoms.